The minimum Gasteiger partial charge on any atom is -0.394 e. The van der Waals surface area contributed by atoms with Crippen molar-refractivity contribution >= 4 is 0 Å². The molecule has 1 saturated heterocycles. The van der Waals surface area contributed by atoms with Crippen molar-refractivity contribution in [2.75, 3.05) is 6.61 Å². The Morgan fingerprint density at radius 1 is 1.11 bits per heavy atom. The third-order valence-electron chi connectivity index (χ3n) is 3.18. The van der Waals surface area contributed by atoms with E-state index in [-0.39, 0.29) is 6.04 Å². The first-order valence-corrected chi connectivity index (χ1v) is 6.26. The monoisotopic (exact) mass is 265 g/mol. The van der Waals surface area contributed by atoms with E-state index >= 15 is 0 Å². The number of aliphatic hydroxyl groups is 4. The molecule has 0 aromatic heterocycles. The third kappa shape index (κ3) is 3.61. The van der Waals surface area contributed by atoms with Crippen LogP contribution in [-0.2, 0) is 9.57 Å². The summed E-state index contributed by atoms with van der Waals surface area (Å²) < 4.78 is 5.18. The highest BCUT2D eigenvalue weighted by atomic mass is 16.8. The molecular weight excluding hydrogens is 242 g/mol. The van der Waals surface area contributed by atoms with Crippen molar-refractivity contribution in [2.24, 2.45) is 0 Å². The van der Waals surface area contributed by atoms with Gasteiger partial charge in [-0.05, 0) is 12.8 Å². The Labute approximate surface area is 106 Å². The molecule has 0 amide bonds. The summed E-state index contributed by atoms with van der Waals surface area (Å²) in [7, 11) is 0. The summed E-state index contributed by atoms with van der Waals surface area (Å²) >= 11 is 0. The van der Waals surface area contributed by atoms with E-state index in [2.05, 4.69) is 5.48 Å². The molecule has 1 aliphatic heterocycles. The topological polar surface area (TPSA) is 111 Å². The molecule has 0 spiro atoms. The third-order valence-corrected chi connectivity index (χ3v) is 3.18. The standard InChI is InChI=1S/C11H23NO6/c1-3-6(4-2)12-18-11-10(16)9(15)8(14)7(5-13)17-11/h6-16H,3-5H2,1-2H3/t7?,8-,9-,10?,11?/m0/s1. The molecule has 3 unspecified atom stereocenters. The zero-order valence-electron chi connectivity index (χ0n) is 10.7. The molecule has 1 fully saturated rings. The molecule has 5 N–H and O–H groups in total. The average Bonchev–Trinajstić information content (AvgIpc) is 2.39. The molecule has 1 rings (SSSR count). The first-order valence-electron chi connectivity index (χ1n) is 6.26. The molecule has 0 aliphatic carbocycles. The lowest BCUT2D eigenvalue weighted by Gasteiger charge is -2.39. The van der Waals surface area contributed by atoms with Gasteiger partial charge in [-0.25, -0.2) is 0 Å². The van der Waals surface area contributed by atoms with Gasteiger partial charge in [-0.1, -0.05) is 13.8 Å². The zero-order chi connectivity index (χ0) is 13.7. The van der Waals surface area contributed by atoms with Gasteiger partial charge in [-0.15, -0.1) is 0 Å². The van der Waals surface area contributed by atoms with Crippen molar-refractivity contribution in [3.8, 4) is 0 Å². The van der Waals surface area contributed by atoms with Crippen molar-refractivity contribution in [1.82, 2.24) is 5.48 Å². The summed E-state index contributed by atoms with van der Waals surface area (Å²) in [5.41, 5.74) is 2.74. The maximum absolute atomic E-state index is 9.70. The van der Waals surface area contributed by atoms with Crippen LogP contribution in [0.2, 0.25) is 0 Å². The molecule has 0 bridgehead atoms. The minimum absolute atomic E-state index is 0.109. The maximum Gasteiger partial charge on any atom is 0.206 e. The molecule has 7 nitrogen and oxygen atoms in total. The Morgan fingerprint density at radius 2 is 1.72 bits per heavy atom. The van der Waals surface area contributed by atoms with E-state index in [4.69, 9.17) is 14.7 Å². The van der Waals surface area contributed by atoms with Gasteiger partial charge in [-0.2, -0.15) is 5.48 Å². The second-order valence-electron chi connectivity index (χ2n) is 4.45. The summed E-state index contributed by atoms with van der Waals surface area (Å²) in [5.74, 6) is 0. The van der Waals surface area contributed by atoms with Gasteiger partial charge in [0.2, 0.25) is 6.29 Å². The smallest absolute Gasteiger partial charge is 0.206 e. The van der Waals surface area contributed by atoms with Crippen LogP contribution >= 0.6 is 0 Å². The van der Waals surface area contributed by atoms with Gasteiger partial charge in [0, 0.05) is 6.04 Å². The summed E-state index contributed by atoms with van der Waals surface area (Å²) in [6.07, 6.45) is -4.54. The molecular formula is C11H23NO6. The van der Waals surface area contributed by atoms with E-state index in [1.165, 1.54) is 0 Å². The lowest BCUT2D eigenvalue weighted by molar-refractivity contribution is -0.318. The second kappa shape index (κ2) is 7.34. The lowest BCUT2D eigenvalue weighted by Crippen LogP contribution is -2.60. The van der Waals surface area contributed by atoms with Gasteiger partial charge in [0.05, 0.1) is 6.61 Å². The maximum atomic E-state index is 9.70. The normalized spacial score (nSPS) is 37.2. The fourth-order valence-electron chi connectivity index (χ4n) is 1.78. The average molecular weight is 265 g/mol. The van der Waals surface area contributed by atoms with Crippen LogP contribution in [-0.4, -0.2) is 63.8 Å². The number of ether oxygens (including phenoxy) is 1. The van der Waals surface area contributed by atoms with Crippen molar-refractivity contribution < 1.29 is 30.0 Å². The molecule has 1 aliphatic rings. The van der Waals surface area contributed by atoms with Crippen molar-refractivity contribution in [2.45, 2.75) is 63.4 Å². The number of hydroxylamine groups is 1. The Balaban J connectivity index is 2.53. The van der Waals surface area contributed by atoms with Gasteiger partial charge < -0.3 is 25.2 Å². The molecule has 5 atom stereocenters. The van der Waals surface area contributed by atoms with E-state index < -0.39 is 37.3 Å². The second-order valence-corrected chi connectivity index (χ2v) is 4.45. The van der Waals surface area contributed by atoms with Crippen LogP contribution in [0.15, 0.2) is 0 Å². The summed E-state index contributed by atoms with van der Waals surface area (Å²) in [6.45, 7) is 3.51. The minimum atomic E-state index is -1.41. The Bertz CT molecular complexity index is 236. The molecule has 0 aromatic rings. The fourth-order valence-corrected chi connectivity index (χ4v) is 1.78. The summed E-state index contributed by atoms with van der Waals surface area (Å²) in [6, 6.07) is 0.109. The van der Waals surface area contributed by atoms with Crippen LogP contribution < -0.4 is 5.48 Å². The van der Waals surface area contributed by atoms with Crippen LogP contribution in [0.5, 0.6) is 0 Å². The number of hydrogen-bond acceptors (Lipinski definition) is 7. The van der Waals surface area contributed by atoms with Gasteiger partial charge in [-0.3, -0.25) is 4.84 Å². The lowest BCUT2D eigenvalue weighted by atomic mass is 9.99. The predicted molar refractivity (Wildman–Crippen MR) is 62.4 cm³/mol. The van der Waals surface area contributed by atoms with Crippen molar-refractivity contribution in [3.63, 3.8) is 0 Å². The molecule has 0 saturated carbocycles. The Morgan fingerprint density at radius 3 is 2.22 bits per heavy atom. The summed E-state index contributed by atoms with van der Waals surface area (Å²) in [4.78, 5) is 5.19. The van der Waals surface area contributed by atoms with Crippen LogP contribution in [0.3, 0.4) is 0 Å². The number of nitrogens with one attached hydrogen (secondary N) is 1. The van der Waals surface area contributed by atoms with Crippen molar-refractivity contribution in [1.29, 1.82) is 0 Å². The van der Waals surface area contributed by atoms with Crippen molar-refractivity contribution in [3.05, 3.63) is 0 Å². The highest BCUT2D eigenvalue weighted by Gasteiger charge is 2.44. The highest BCUT2D eigenvalue weighted by Crippen LogP contribution is 2.21. The molecule has 18 heavy (non-hydrogen) atoms. The van der Waals surface area contributed by atoms with Gasteiger partial charge >= 0.3 is 0 Å². The quantitative estimate of drug-likeness (QED) is 0.371. The summed E-state index contributed by atoms with van der Waals surface area (Å²) in [5, 5.41) is 37.8. The molecule has 0 aromatic carbocycles. The van der Waals surface area contributed by atoms with E-state index in [1.54, 1.807) is 0 Å². The van der Waals surface area contributed by atoms with Crippen LogP contribution in [0.25, 0.3) is 0 Å². The van der Waals surface area contributed by atoms with Crippen LogP contribution in [0, 0.1) is 0 Å². The van der Waals surface area contributed by atoms with Crippen LogP contribution in [0.4, 0.5) is 0 Å². The fraction of sp³-hybridized carbons (Fsp3) is 1.00. The molecule has 0 radical (unpaired) electrons. The highest BCUT2D eigenvalue weighted by molar-refractivity contribution is 4.88. The van der Waals surface area contributed by atoms with Gasteiger partial charge in [0.25, 0.3) is 0 Å². The molecule has 1 heterocycles. The number of aliphatic hydroxyl groups excluding tert-OH is 4. The zero-order valence-corrected chi connectivity index (χ0v) is 10.7. The van der Waals surface area contributed by atoms with E-state index in [0.29, 0.717) is 0 Å². The van der Waals surface area contributed by atoms with Crippen LogP contribution in [0.1, 0.15) is 26.7 Å². The Kier molecular flexibility index (Phi) is 6.44. The SMILES string of the molecule is CCC(CC)NOC1OC(CO)[C@H](O)[C@H](O)C1O. The number of hydrogen-bond donors (Lipinski definition) is 5. The molecule has 108 valence electrons. The van der Waals surface area contributed by atoms with Gasteiger partial charge in [0.1, 0.15) is 24.4 Å². The van der Waals surface area contributed by atoms with Gasteiger partial charge in [0.15, 0.2) is 0 Å². The van der Waals surface area contributed by atoms with E-state index in [0.717, 1.165) is 12.8 Å². The van der Waals surface area contributed by atoms with E-state index in [1.807, 2.05) is 13.8 Å². The Hall–Kier alpha value is -0.280. The first-order chi connectivity index (χ1) is 8.54. The largest absolute Gasteiger partial charge is 0.394 e. The molecule has 7 heteroatoms. The number of rotatable bonds is 6. The first kappa shape index (κ1) is 15.8. The predicted octanol–water partition coefficient (Wildman–Crippen LogP) is -1.50. The van der Waals surface area contributed by atoms with E-state index in [9.17, 15) is 15.3 Å².